The Balaban J connectivity index is 1.62. The molecule has 132 valence electrons. The molecule has 3 aromatic rings. The van der Waals surface area contributed by atoms with E-state index in [-0.39, 0.29) is 10.3 Å². The standard InChI is InChI=1S/C17H17ClN2O3S2/c1-23-11-3-5-15-13(9-11)12-8-10(2-4-14(12)19-15)20-25(21,22)17-7-6-16(18)24-17/h3,5-7,9-10,19-20H,2,4,8H2,1H3. The SMILES string of the molecule is COc1ccc2[nH]c3c(c2c1)CC(NS(=O)(=O)c1ccc(Cl)s1)CC3. The minimum Gasteiger partial charge on any atom is -0.497 e. The van der Waals surface area contributed by atoms with Crippen LogP contribution >= 0.6 is 22.9 Å². The molecule has 0 bridgehead atoms. The Morgan fingerprint density at radius 1 is 1.32 bits per heavy atom. The molecule has 0 fully saturated rings. The first-order chi connectivity index (χ1) is 12.0. The number of aromatic amines is 1. The number of aromatic nitrogens is 1. The molecule has 8 heteroatoms. The average Bonchev–Trinajstić information content (AvgIpc) is 3.18. The number of hydrogen-bond acceptors (Lipinski definition) is 4. The van der Waals surface area contributed by atoms with Crippen LogP contribution in [0.4, 0.5) is 0 Å². The van der Waals surface area contributed by atoms with E-state index in [4.69, 9.17) is 16.3 Å². The van der Waals surface area contributed by atoms with Crippen molar-refractivity contribution in [3.8, 4) is 5.75 Å². The zero-order chi connectivity index (χ0) is 17.6. The Bertz CT molecular complexity index is 1040. The summed E-state index contributed by atoms with van der Waals surface area (Å²) in [6, 6.07) is 8.93. The first kappa shape index (κ1) is 16.9. The van der Waals surface area contributed by atoms with Crippen LogP contribution in [0.2, 0.25) is 4.34 Å². The molecule has 25 heavy (non-hydrogen) atoms. The molecule has 1 aromatic carbocycles. The Morgan fingerprint density at radius 2 is 2.16 bits per heavy atom. The highest BCUT2D eigenvalue weighted by Crippen LogP contribution is 2.32. The molecule has 1 aliphatic rings. The maximum Gasteiger partial charge on any atom is 0.250 e. The van der Waals surface area contributed by atoms with Crippen molar-refractivity contribution in [2.75, 3.05) is 7.11 Å². The predicted molar refractivity (Wildman–Crippen MR) is 100 cm³/mol. The minimum absolute atomic E-state index is 0.136. The third-order valence-corrected chi connectivity index (χ3v) is 7.77. The van der Waals surface area contributed by atoms with Crippen LogP contribution in [0.3, 0.4) is 0 Å². The molecule has 2 N–H and O–H groups in total. The Hall–Kier alpha value is -1.54. The van der Waals surface area contributed by atoms with Crippen LogP contribution < -0.4 is 9.46 Å². The number of nitrogens with one attached hydrogen (secondary N) is 2. The number of benzene rings is 1. The fourth-order valence-corrected chi connectivity index (χ4v) is 6.11. The van der Waals surface area contributed by atoms with Gasteiger partial charge in [-0.2, -0.15) is 0 Å². The Labute approximate surface area is 155 Å². The number of H-pyrrole nitrogens is 1. The molecule has 0 spiro atoms. The van der Waals surface area contributed by atoms with Crippen molar-refractivity contribution in [2.45, 2.75) is 29.5 Å². The fraction of sp³-hybridized carbons (Fsp3) is 0.294. The van der Waals surface area contributed by atoms with Gasteiger partial charge in [-0.25, -0.2) is 13.1 Å². The van der Waals surface area contributed by atoms with E-state index in [2.05, 4.69) is 9.71 Å². The molecule has 0 radical (unpaired) electrons. The maximum atomic E-state index is 12.5. The number of fused-ring (bicyclic) bond motifs is 3. The lowest BCUT2D eigenvalue weighted by atomic mass is 9.92. The van der Waals surface area contributed by atoms with Gasteiger partial charge in [-0.15, -0.1) is 11.3 Å². The highest BCUT2D eigenvalue weighted by atomic mass is 35.5. The summed E-state index contributed by atoms with van der Waals surface area (Å²) in [5, 5.41) is 1.09. The van der Waals surface area contributed by atoms with E-state index in [0.29, 0.717) is 10.8 Å². The third kappa shape index (κ3) is 3.17. The molecule has 0 saturated carbocycles. The van der Waals surface area contributed by atoms with E-state index in [1.165, 1.54) is 5.69 Å². The van der Waals surface area contributed by atoms with Crippen LogP contribution in [0.15, 0.2) is 34.5 Å². The van der Waals surface area contributed by atoms with Gasteiger partial charge in [-0.3, -0.25) is 0 Å². The number of rotatable bonds is 4. The van der Waals surface area contributed by atoms with E-state index in [9.17, 15) is 8.42 Å². The van der Waals surface area contributed by atoms with E-state index in [0.717, 1.165) is 46.4 Å². The summed E-state index contributed by atoms with van der Waals surface area (Å²) in [6.07, 6.45) is 2.22. The molecular formula is C17H17ClN2O3S2. The Kier molecular flexibility index (Phi) is 4.27. The monoisotopic (exact) mass is 396 g/mol. The first-order valence-electron chi connectivity index (χ1n) is 7.91. The zero-order valence-electron chi connectivity index (χ0n) is 13.5. The summed E-state index contributed by atoms with van der Waals surface area (Å²) < 4.78 is 33.9. The molecule has 5 nitrogen and oxygen atoms in total. The van der Waals surface area contributed by atoms with Gasteiger partial charge in [-0.1, -0.05) is 11.6 Å². The lowest BCUT2D eigenvalue weighted by Crippen LogP contribution is -2.38. The summed E-state index contributed by atoms with van der Waals surface area (Å²) in [4.78, 5) is 3.44. The number of methoxy groups -OCH3 is 1. The van der Waals surface area contributed by atoms with Crippen molar-refractivity contribution in [3.63, 3.8) is 0 Å². The third-order valence-electron chi connectivity index (χ3n) is 4.53. The summed E-state index contributed by atoms with van der Waals surface area (Å²) in [7, 11) is -1.90. The minimum atomic E-state index is -3.54. The maximum absolute atomic E-state index is 12.5. The Morgan fingerprint density at radius 3 is 2.88 bits per heavy atom. The molecule has 2 aromatic heterocycles. The summed E-state index contributed by atoms with van der Waals surface area (Å²) in [5.41, 5.74) is 3.40. The highest BCUT2D eigenvalue weighted by Gasteiger charge is 2.27. The van der Waals surface area contributed by atoms with Crippen LogP contribution in [-0.4, -0.2) is 26.6 Å². The molecule has 4 rings (SSSR count). The largest absolute Gasteiger partial charge is 0.497 e. The van der Waals surface area contributed by atoms with Crippen LogP contribution in [0.1, 0.15) is 17.7 Å². The van der Waals surface area contributed by atoms with Gasteiger partial charge >= 0.3 is 0 Å². The van der Waals surface area contributed by atoms with Crippen molar-refractivity contribution in [2.24, 2.45) is 0 Å². The number of thiophene rings is 1. The topological polar surface area (TPSA) is 71.2 Å². The van der Waals surface area contributed by atoms with Crippen LogP contribution in [0.25, 0.3) is 10.9 Å². The summed E-state index contributed by atoms with van der Waals surface area (Å²) in [5.74, 6) is 0.797. The van der Waals surface area contributed by atoms with Gasteiger partial charge in [0, 0.05) is 22.6 Å². The van der Waals surface area contributed by atoms with Gasteiger partial charge in [0.2, 0.25) is 10.0 Å². The molecular weight excluding hydrogens is 380 g/mol. The number of hydrogen-bond donors (Lipinski definition) is 2. The second-order valence-corrected chi connectivity index (χ2v) is 9.77. The van der Waals surface area contributed by atoms with Crippen molar-refractivity contribution in [1.82, 2.24) is 9.71 Å². The lowest BCUT2D eigenvalue weighted by molar-refractivity contribution is 0.415. The molecule has 0 aliphatic heterocycles. The van der Waals surface area contributed by atoms with Crippen LogP contribution in [0.5, 0.6) is 5.75 Å². The van der Waals surface area contributed by atoms with Crippen LogP contribution in [0, 0.1) is 0 Å². The molecule has 1 aliphatic carbocycles. The fourth-order valence-electron chi connectivity index (χ4n) is 3.34. The van der Waals surface area contributed by atoms with Crippen molar-refractivity contribution in [3.05, 3.63) is 45.9 Å². The van der Waals surface area contributed by atoms with Crippen molar-refractivity contribution in [1.29, 1.82) is 0 Å². The number of sulfonamides is 1. The van der Waals surface area contributed by atoms with Crippen molar-refractivity contribution >= 4 is 43.9 Å². The van der Waals surface area contributed by atoms with Gasteiger partial charge in [0.15, 0.2) is 0 Å². The van der Waals surface area contributed by atoms with Crippen LogP contribution in [-0.2, 0) is 22.9 Å². The smallest absolute Gasteiger partial charge is 0.250 e. The molecule has 0 saturated heterocycles. The second kappa shape index (κ2) is 6.32. The average molecular weight is 397 g/mol. The van der Waals surface area contributed by atoms with Gasteiger partial charge in [0.1, 0.15) is 9.96 Å². The predicted octanol–water partition coefficient (Wildman–Crippen LogP) is 3.73. The second-order valence-electron chi connectivity index (χ2n) is 6.11. The number of ether oxygens (including phenoxy) is 1. The molecule has 1 atom stereocenters. The van der Waals surface area contributed by atoms with Crippen molar-refractivity contribution < 1.29 is 13.2 Å². The van der Waals surface area contributed by atoms with Gasteiger partial charge < -0.3 is 9.72 Å². The van der Waals surface area contributed by atoms with Gasteiger partial charge in [0.05, 0.1) is 11.4 Å². The van der Waals surface area contributed by atoms with E-state index < -0.39 is 10.0 Å². The first-order valence-corrected chi connectivity index (χ1v) is 10.6. The summed E-state index contributed by atoms with van der Waals surface area (Å²) >= 11 is 6.94. The number of halogens is 1. The quantitative estimate of drug-likeness (QED) is 0.705. The summed E-state index contributed by atoms with van der Waals surface area (Å²) in [6.45, 7) is 0. The van der Waals surface area contributed by atoms with E-state index in [1.54, 1.807) is 19.2 Å². The highest BCUT2D eigenvalue weighted by molar-refractivity contribution is 7.91. The van der Waals surface area contributed by atoms with E-state index in [1.807, 2.05) is 18.2 Å². The normalized spacial score (nSPS) is 17.6. The zero-order valence-corrected chi connectivity index (χ0v) is 15.9. The van der Waals surface area contributed by atoms with Gasteiger partial charge in [-0.05, 0) is 55.2 Å². The van der Waals surface area contributed by atoms with Gasteiger partial charge in [0.25, 0.3) is 0 Å². The molecule has 2 heterocycles. The molecule has 1 unspecified atom stereocenters. The molecule has 0 amide bonds. The number of aryl methyl sites for hydroxylation is 1. The van der Waals surface area contributed by atoms with E-state index >= 15 is 0 Å². The lowest BCUT2D eigenvalue weighted by Gasteiger charge is -2.23.